The van der Waals surface area contributed by atoms with Crippen molar-refractivity contribution in [3.05, 3.63) is 35.4 Å². The number of aliphatic carboxylic acids is 1. The molecule has 0 aliphatic carbocycles. The van der Waals surface area contributed by atoms with Gasteiger partial charge < -0.3 is 5.11 Å². The van der Waals surface area contributed by atoms with E-state index >= 15 is 0 Å². The minimum absolute atomic E-state index is 0.0232. The van der Waals surface area contributed by atoms with Crippen molar-refractivity contribution in [1.82, 2.24) is 0 Å². The minimum Gasteiger partial charge on any atom is -0.481 e. The highest BCUT2D eigenvalue weighted by atomic mass is 19.1. The second-order valence-corrected chi connectivity index (χ2v) is 3.38. The average molecular weight is 214 g/mol. The van der Waals surface area contributed by atoms with Gasteiger partial charge in [0.1, 0.15) is 11.6 Å². The predicted molar refractivity (Wildman–Crippen MR) is 51.5 cm³/mol. The molecular weight excluding hydrogens is 202 g/mol. The van der Waals surface area contributed by atoms with Gasteiger partial charge in [-0.2, -0.15) is 0 Å². The van der Waals surface area contributed by atoms with E-state index in [1.807, 2.05) is 0 Å². The van der Waals surface area contributed by atoms with Gasteiger partial charge in [0, 0.05) is 0 Å². The zero-order valence-electron chi connectivity index (χ0n) is 8.34. The monoisotopic (exact) mass is 214 g/mol. The van der Waals surface area contributed by atoms with Crippen LogP contribution in [0, 0.1) is 17.6 Å². The molecule has 2 nitrogen and oxygen atoms in total. The number of benzene rings is 1. The molecule has 0 bridgehead atoms. The molecule has 0 aromatic heterocycles. The van der Waals surface area contributed by atoms with Crippen molar-refractivity contribution < 1.29 is 18.7 Å². The topological polar surface area (TPSA) is 37.3 Å². The molecule has 1 N–H and O–H groups in total. The first-order chi connectivity index (χ1) is 7.04. The maximum atomic E-state index is 13.2. The van der Waals surface area contributed by atoms with Crippen LogP contribution in [0.4, 0.5) is 8.78 Å². The molecule has 1 rings (SSSR count). The number of rotatable bonds is 4. The molecule has 0 radical (unpaired) electrons. The molecule has 0 saturated carbocycles. The van der Waals surface area contributed by atoms with E-state index in [9.17, 15) is 13.6 Å². The highest BCUT2D eigenvalue weighted by molar-refractivity contribution is 5.70. The van der Waals surface area contributed by atoms with Crippen molar-refractivity contribution in [3.8, 4) is 0 Å². The second kappa shape index (κ2) is 4.87. The summed E-state index contributed by atoms with van der Waals surface area (Å²) in [7, 11) is 0. The van der Waals surface area contributed by atoms with Gasteiger partial charge in [-0.3, -0.25) is 4.79 Å². The summed E-state index contributed by atoms with van der Waals surface area (Å²) in [5, 5.41) is 8.78. The standard InChI is InChI=1S/C11H12F2O2/c1-2-7(11(14)15)5-8-6-9(12)3-4-10(8)13/h3-4,6-7H,2,5H2,1H3,(H,14,15). The van der Waals surface area contributed by atoms with E-state index in [2.05, 4.69) is 0 Å². The quantitative estimate of drug-likeness (QED) is 0.836. The van der Waals surface area contributed by atoms with E-state index in [4.69, 9.17) is 5.11 Å². The van der Waals surface area contributed by atoms with Gasteiger partial charge in [-0.15, -0.1) is 0 Å². The van der Waals surface area contributed by atoms with Crippen molar-refractivity contribution in [2.24, 2.45) is 5.92 Å². The molecule has 0 heterocycles. The lowest BCUT2D eigenvalue weighted by molar-refractivity contribution is -0.141. The Morgan fingerprint density at radius 3 is 2.67 bits per heavy atom. The van der Waals surface area contributed by atoms with Crippen LogP contribution in [0.15, 0.2) is 18.2 Å². The van der Waals surface area contributed by atoms with Crippen LogP contribution >= 0.6 is 0 Å². The first-order valence-electron chi connectivity index (χ1n) is 4.71. The maximum Gasteiger partial charge on any atom is 0.306 e. The predicted octanol–water partition coefficient (Wildman–Crippen LogP) is 2.62. The summed E-state index contributed by atoms with van der Waals surface area (Å²) in [6, 6.07) is 3.07. The van der Waals surface area contributed by atoms with Gasteiger partial charge in [0.25, 0.3) is 0 Å². The van der Waals surface area contributed by atoms with Crippen LogP contribution in [0.2, 0.25) is 0 Å². The van der Waals surface area contributed by atoms with Crippen molar-refractivity contribution in [2.45, 2.75) is 19.8 Å². The van der Waals surface area contributed by atoms with Gasteiger partial charge in [-0.1, -0.05) is 6.92 Å². The molecule has 1 aromatic rings. The summed E-state index contributed by atoms with van der Waals surface area (Å²) in [5.41, 5.74) is 0.115. The van der Waals surface area contributed by atoms with E-state index < -0.39 is 23.5 Å². The van der Waals surface area contributed by atoms with E-state index in [0.29, 0.717) is 6.42 Å². The number of hydrogen-bond donors (Lipinski definition) is 1. The van der Waals surface area contributed by atoms with Gasteiger partial charge in [-0.25, -0.2) is 8.78 Å². The average Bonchev–Trinajstić information content (AvgIpc) is 2.18. The van der Waals surface area contributed by atoms with Crippen molar-refractivity contribution in [2.75, 3.05) is 0 Å². The minimum atomic E-state index is -0.985. The molecule has 0 aliphatic rings. The fourth-order valence-electron chi connectivity index (χ4n) is 1.37. The lowest BCUT2D eigenvalue weighted by Gasteiger charge is -2.10. The van der Waals surface area contributed by atoms with Crippen molar-refractivity contribution in [3.63, 3.8) is 0 Å². The molecule has 1 unspecified atom stereocenters. The molecular formula is C11H12F2O2. The van der Waals surface area contributed by atoms with Crippen LogP contribution in [0.1, 0.15) is 18.9 Å². The van der Waals surface area contributed by atoms with Crippen LogP contribution in [-0.4, -0.2) is 11.1 Å². The Hall–Kier alpha value is -1.45. The molecule has 0 amide bonds. The summed E-state index contributed by atoms with van der Waals surface area (Å²) in [6.07, 6.45) is 0.417. The Bertz CT molecular complexity index is 364. The molecule has 0 saturated heterocycles. The second-order valence-electron chi connectivity index (χ2n) is 3.38. The van der Waals surface area contributed by atoms with Crippen LogP contribution in [0.5, 0.6) is 0 Å². The Labute approximate surface area is 86.5 Å². The summed E-state index contributed by atoms with van der Waals surface area (Å²) in [4.78, 5) is 10.7. The smallest absolute Gasteiger partial charge is 0.306 e. The third-order valence-electron chi connectivity index (χ3n) is 2.32. The molecule has 15 heavy (non-hydrogen) atoms. The first kappa shape index (κ1) is 11.6. The molecule has 0 aliphatic heterocycles. The Kier molecular flexibility index (Phi) is 3.77. The molecule has 0 fully saturated rings. The fourth-order valence-corrected chi connectivity index (χ4v) is 1.37. The summed E-state index contributed by atoms with van der Waals surface area (Å²) in [6.45, 7) is 1.70. The van der Waals surface area contributed by atoms with Crippen LogP contribution < -0.4 is 0 Å². The van der Waals surface area contributed by atoms with Gasteiger partial charge in [0.2, 0.25) is 0 Å². The highest BCUT2D eigenvalue weighted by Crippen LogP contribution is 2.16. The summed E-state index contributed by atoms with van der Waals surface area (Å²) >= 11 is 0. The number of hydrogen-bond acceptors (Lipinski definition) is 1. The number of carboxylic acid groups (broad SMARTS) is 1. The Balaban J connectivity index is 2.87. The zero-order valence-corrected chi connectivity index (χ0v) is 8.34. The third-order valence-corrected chi connectivity index (χ3v) is 2.32. The summed E-state index contributed by atoms with van der Waals surface area (Å²) in [5.74, 6) is -2.76. The molecule has 0 spiro atoms. The molecule has 1 atom stereocenters. The van der Waals surface area contributed by atoms with Crippen LogP contribution in [0.3, 0.4) is 0 Å². The third kappa shape index (κ3) is 3.01. The first-order valence-corrected chi connectivity index (χ1v) is 4.71. The Morgan fingerprint density at radius 2 is 2.13 bits per heavy atom. The van der Waals surface area contributed by atoms with E-state index in [-0.39, 0.29) is 12.0 Å². The van der Waals surface area contributed by atoms with Crippen molar-refractivity contribution in [1.29, 1.82) is 0 Å². The normalized spacial score (nSPS) is 12.5. The Morgan fingerprint density at radius 1 is 1.47 bits per heavy atom. The van der Waals surface area contributed by atoms with Gasteiger partial charge in [0.05, 0.1) is 5.92 Å². The molecule has 1 aromatic carbocycles. The lowest BCUT2D eigenvalue weighted by Crippen LogP contribution is -2.16. The number of halogens is 2. The van der Waals surface area contributed by atoms with Crippen LogP contribution in [0.25, 0.3) is 0 Å². The lowest BCUT2D eigenvalue weighted by atomic mass is 9.97. The maximum absolute atomic E-state index is 13.2. The largest absolute Gasteiger partial charge is 0.481 e. The summed E-state index contributed by atoms with van der Waals surface area (Å²) < 4.78 is 26.0. The highest BCUT2D eigenvalue weighted by Gasteiger charge is 2.17. The molecule has 4 heteroatoms. The zero-order chi connectivity index (χ0) is 11.4. The van der Waals surface area contributed by atoms with E-state index in [1.54, 1.807) is 6.92 Å². The van der Waals surface area contributed by atoms with Gasteiger partial charge >= 0.3 is 5.97 Å². The number of carboxylic acids is 1. The number of carbonyl (C=O) groups is 1. The fraction of sp³-hybridized carbons (Fsp3) is 0.364. The molecule has 82 valence electrons. The SMILES string of the molecule is CCC(Cc1cc(F)ccc1F)C(=O)O. The van der Waals surface area contributed by atoms with Gasteiger partial charge in [-0.05, 0) is 36.6 Å². The van der Waals surface area contributed by atoms with Crippen LogP contribution in [-0.2, 0) is 11.2 Å². The van der Waals surface area contributed by atoms with E-state index in [1.165, 1.54) is 0 Å². The van der Waals surface area contributed by atoms with E-state index in [0.717, 1.165) is 18.2 Å². The van der Waals surface area contributed by atoms with Crippen molar-refractivity contribution >= 4 is 5.97 Å². The van der Waals surface area contributed by atoms with Gasteiger partial charge in [0.15, 0.2) is 0 Å².